The summed E-state index contributed by atoms with van der Waals surface area (Å²) < 4.78 is 0. The van der Waals surface area contributed by atoms with Gasteiger partial charge in [0, 0.05) is 23.3 Å². The molecule has 2 rings (SSSR count). The number of hydrogen-bond acceptors (Lipinski definition) is 3. The van der Waals surface area contributed by atoms with Crippen molar-refractivity contribution in [1.82, 2.24) is 5.32 Å². The lowest BCUT2D eigenvalue weighted by Crippen LogP contribution is -2.39. The quantitative estimate of drug-likeness (QED) is 0.777. The summed E-state index contributed by atoms with van der Waals surface area (Å²) in [5.74, 6) is -1.19. The van der Waals surface area contributed by atoms with Crippen LogP contribution in [0.25, 0.3) is 0 Å². The van der Waals surface area contributed by atoms with E-state index in [1.54, 1.807) is 18.2 Å². The summed E-state index contributed by atoms with van der Waals surface area (Å²) >= 11 is 5.98. The fourth-order valence-electron chi connectivity index (χ4n) is 2.80. The van der Waals surface area contributed by atoms with Crippen LogP contribution in [0.5, 0.6) is 0 Å². The predicted octanol–water partition coefficient (Wildman–Crippen LogP) is 3.15. The van der Waals surface area contributed by atoms with Gasteiger partial charge in [0.25, 0.3) is 5.91 Å². The Hall–Kier alpha value is -1.75. The van der Waals surface area contributed by atoms with E-state index in [0.717, 1.165) is 5.69 Å². The van der Waals surface area contributed by atoms with E-state index in [1.807, 2.05) is 6.92 Å². The van der Waals surface area contributed by atoms with E-state index in [4.69, 9.17) is 16.7 Å². The minimum atomic E-state index is -0.742. The third-order valence-corrected chi connectivity index (χ3v) is 4.24. The normalized spacial score (nSPS) is 21.2. The van der Waals surface area contributed by atoms with Gasteiger partial charge < -0.3 is 15.7 Å². The molecule has 1 aromatic carbocycles. The highest BCUT2D eigenvalue weighted by atomic mass is 35.5. The van der Waals surface area contributed by atoms with E-state index in [9.17, 15) is 9.59 Å². The van der Waals surface area contributed by atoms with Crippen molar-refractivity contribution < 1.29 is 14.7 Å². The van der Waals surface area contributed by atoms with Gasteiger partial charge in [-0.2, -0.15) is 0 Å². The lowest BCUT2D eigenvalue weighted by atomic mass is 9.86. The Bertz CT molecular complexity index is 554. The summed E-state index contributed by atoms with van der Waals surface area (Å²) in [7, 11) is 0. The number of aliphatic carboxylic acids is 1. The largest absolute Gasteiger partial charge is 0.481 e. The molecule has 0 bridgehead atoms. The molecular formula is C16H21ClN2O3. The van der Waals surface area contributed by atoms with Crippen LogP contribution in [0.2, 0.25) is 5.02 Å². The summed E-state index contributed by atoms with van der Waals surface area (Å²) in [6, 6.07) is 5.21. The molecule has 0 unspecified atom stereocenters. The highest BCUT2D eigenvalue weighted by molar-refractivity contribution is 6.31. The molecule has 1 aliphatic carbocycles. The van der Waals surface area contributed by atoms with Crippen molar-refractivity contribution in [1.29, 1.82) is 0 Å². The number of carboxylic acid groups (broad SMARTS) is 1. The van der Waals surface area contributed by atoms with Crippen LogP contribution in [0.4, 0.5) is 5.69 Å². The number of benzene rings is 1. The molecule has 1 aliphatic rings. The highest BCUT2D eigenvalue weighted by Gasteiger charge is 2.27. The van der Waals surface area contributed by atoms with Crippen molar-refractivity contribution in [3.8, 4) is 0 Å². The van der Waals surface area contributed by atoms with E-state index in [0.29, 0.717) is 42.8 Å². The van der Waals surface area contributed by atoms with Gasteiger partial charge in [-0.05, 0) is 50.8 Å². The Balaban J connectivity index is 2.01. The second-order valence-electron chi connectivity index (χ2n) is 5.58. The third-order valence-electron chi connectivity index (χ3n) is 4.01. The number of carboxylic acids is 1. The lowest BCUT2D eigenvalue weighted by Gasteiger charge is -2.27. The fourth-order valence-corrected chi connectivity index (χ4v) is 2.97. The first-order chi connectivity index (χ1) is 10.5. The SMILES string of the molecule is CCNc1ccc(Cl)cc1C(=O)NC1CCC(C(=O)O)CC1. The number of hydrogen-bond donors (Lipinski definition) is 3. The topological polar surface area (TPSA) is 78.4 Å². The summed E-state index contributed by atoms with van der Waals surface area (Å²) in [6.45, 7) is 2.68. The maximum atomic E-state index is 12.5. The van der Waals surface area contributed by atoms with Gasteiger partial charge in [-0.15, -0.1) is 0 Å². The van der Waals surface area contributed by atoms with Crippen molar-refractivity contribution >= 4 is 29.2 Å². The van der Waals surface area contributed by atoms with Crippen molar-refractivity contribution in [3.63, 3.8) is 0 Å². The molecule has 6 heteroatoms. The number of rotatable bonds is 5. The molecular weight excluding hydrogens is 304 g/mol. The Labute approximate surface area is 135 Å². The molecule has 0 radical (unpaired) electrons. The molecule has 120 valence electrons. The molecule has 0 saturated heterocycles. The van der Waals surface area contributed by atoms with Gasteiger partial charge >= 0.3 is 5.97 Å². The van der Waals surface area contributed by atoms with Crippen LogP contribution in [-0.2, 0) is 4.79 Å². The van der Waals surface area contributed by atoms with Gasteiger partial charge in [0.1, 0.15) is 0 Å². The average Bonchev–Trinajstić information content (AvgIpc) is 2.49. The zero-order chi connectivity index (χ0) is 16.1. The zero-order valence-electron chi connectivity index (χ0n) is 12.6. The molecule has 0 aromatic heterocycles. The van der Waals surface area contributed by atoms with Gasteiger partial charge in [0.2, 0.25) is 0 Å². The maximum Gasteiger partial charge on any atom is 0.306 e. The van der Waals surface area contributed by atoms with E-state index in [1.165, 1.54) is 0 Å². The second-order valence-corrected chi connectivity index (χ2v) is 6.02. The van der Waals surface area contributed by atoms with E-state index < -0.39 is 5.97 Å². The smallest absolute Gasteiger partial charge is 0.306 e. The van der Waals surface area contributed by atoms with Crippen molar-refractivity contribution in [2.75, 3.05) is 11.9 Å². The molecule has 0 aliphatic heterocycles. The number of amides is 1. The summed E-state index contributed by atoms with van der Waals surface area (Å²) in [5, 5.41) is 15.7. The predicted molar refractivity (Wildman–Crippen MR) is 86.5 cm³/mol. The van der Waals surface area contributed by atoms with Gasteiger partial charge in [-0.3, -0.25) is 9.59 Å². The van der Waals surface area contributed by atoms with Gasteiger partial charge in [0.05, 0.1) is 11.5 Å². The standard InChI is InChI=1S/C16H21ClN2O3/c1-2-18-14-8-5-11(17)9-13(14)15(20)19-12-6-3-10(4-7-12)16(21)22/h5,8-10,12,18H,2-4,6-7H2,1H3,(H,19,20)(H,21,22). The molecule has 0 atom stereocenters. The molecule has 1 saturated carbocycles. The first kappa shape index (κ1) is 16.6. The number of anilines is 1. The van der Waals surface area contributed by atoms with Crippen molar-refractivity contribution in [2.24, 2.45) is 5.92 Å². The van der Waals surface area contributed by atoms with Crippen LogP contribution >= 0.6 is 11.6 Å². The van der Waals surface area contributed by atoms with E-state index >= 15 is 0 Å². The van der Waals surface area contributed by atoms with Gasteiger partial charge in [-0.1, -0.05) is 11.6 Å². The average molecular weight is 325 g/mol. The van der Waals surface area contributed by atoms with Gasteiger partial charge in [0.15, 0.2) is 0 Å². The molecule has 22 heavy (non-hydrogen) atoms. The van der Waals surface area contributed by atoms with Crippen LogP contribution < -0.4 is 10.6 Å². The first-order valence-corrected chi connectivity index (χ1v) is 7.96. The Morgan fingerprint density at radius 1 is 1.27 bits per heavy atom. The van der Waals surface area contributed by atoms with Crippen LogP contribution in [0.15, 0.2) is 18.2 Å². The van der Waals surface area contributed by atoms with Crippen LogP contribution in [-0.4, -0.2) is 29.6 Å². The highest BCUT2D eigenvalue weighted by Crippen LogP contribution is 2.26. The lowest BCUT2D eigenvalue weighted by molar-refractivity contribution is -0.142. The Morgan fingerprint density at radius 3 is 2.55 bits per heavy atom. The minimum absolute atomic E-state index is 0.0246. The second kappa shape index (κ2) is 7.49. The van der Waals surface area contributed by atoms with Gasteiger partial charge in [-0.25, -0.2) is 0 Å². The number of halogens is 1. The van der Waals surface area contributed by atoms with E-state index in [2.05, 4.69) is 10.6 Å². The molecule has 0 spiro atoms. The molecule has 0 heterocycles. The number of carbonyl (C=O) groups excluding carboxylic acids is 1. The first-order valence-electron chi connectivity index (χ1n) is 7.58. The minimum Gasteiger partial charge on any atom is -0.481 e. The van der Waals surface area contributed by atoms with Crippen molar-refractivity contribution in [2.45, 2.75) is 38.6 Å². The Kier molecular flexibility index (Phi) is 5.66. The Morgan fingerprint density at radius 2 is 1.95 bits per heavy atom. The number of nitrogens with one attached hydrogen (secondary N) is 2. The number of carbonyl (C=O) groups is 2. The molecule has 1 aromatic rings. The molecule has 1 fully saturated rings. The van der Waals surface area contributed by atoms with Crippen LogP contribution in [0.3, 0.4) is 0 Å². The summed E-state index contributed by atoms with van der Waals surface area (Å²) in [5.41, 5.74) is 1.28. The maximum absolute atomic E-state index is 12.5. The third kappa shape index (κ3) is 4.13. The van der Waals surface area contributed by atoms with E-state index in [-0.39, 0.29) is 17.9 Å². The van der Waals surface area contributed by atoms with Crippen LogP contribution in [0.1, 0.15) is 43.0 Å². The fraction of sp³-hybridized carbons (Fsp3) is 0.500. The summed E-state index contributed by atoms with van der Waals surface area (Å²) in [4.78, 5) is 23.4. The summed E-state index contributed by atoms with van der Waals surface area (Å²) in [6.07, 6.45) is 2.60. The van der Waals surface area contributed by atoms with Crippen LogP contribution in [0, 0.1) is 5.92 Å². The molecule has 3 N–H and O–H groups in total. The molecule has 5 nitrogen and oxygen atoms in total. The van der Waals surface area contributed by atoms with Crippen molar-refractivity contribution in [3.05, 3.63) is 28.8 Å². The zero-order valence-corrected chi connectivity index (χ0v) is 13.3. The monoisotopic (exact) mass is 324 g/mol. The molecule has 1 amide bonds.